The maximum Gasteiger partial charge on any atom is 0.418 e. The molecule has 0 spiro atoms. The summed E-state index contributed by atoms with van der Waals surface area (Å²) in [5, 5.41) is 4.84. The minimum atomic E-state index is -4.60. The van der Waals surface area contributed by atoms with Gasteiger partial charge in [-0.05, 0) is 73.8 Å². The molecule has 0 unspecified atom stereocenters. The van der Waals surface area contributed by atoms with Crippen molar-refractivity contribution in [2.75, 3.05) is 0 Å². The SMILES string of the molecule is Fc1cc(Cl)ccc1Cn1nc2c(C(F)(F)F)cccc2c1-c1cccc(COc2c(Br)cccc2Br)c1. The Labute approximate surface area is 237 Å². The highest BCUT2D eigenvalue weighted by Crippen LogP contribution is 2.39. The van der Waals surface area contributed by atoms with Crippen LogP contribution in [0.15, 0.2) is 87.8 Å². The number of hydrogen-bond acceptors (Lipinski definition) is 2. The van der Waals surface area contributed by atoms with Gasteiger partial charge < -0.3 is 4.74 Å². The standard InChI is InChI=1S/C28H17Br2ClF4N2O/c29-22-8-3-9-23(30)27(22)38-15-16-4-1-5-17(12-16)26-20-6-2-7-21(28(33,34)35)25(20)36-37(26)14-18-10-11-19(31)13-24(18)32/h1-13H,14-15H2. The molecule has 38 heavy (non-hydrogen) atoms. The fourth-order valence-electron chi connectivity index (χ4n) is 4.20. The molecule has 0 bridgehead atoms. The zero-order chi connectivity index (χ0) is 27.0. The van der Waals surface area contributed by atoms with Crippen LogP contribution in [0.25, 0.3) is 22.2 Å². The number of benzene rings is 4. The number of alkyl halides is 3. The van der Waals surface area contributed by atoms with Crippen LogP contribution >= 0.6 is 43.5 Å². The highest BCUT2D eigenvalue weighted by Gasteiger charge is 2.34. The lowest BCUT2D eigenvalue weighted by atomic mass is 10.0. The number of ether oxygens (including phenoxy) is 1. The molecule has 0 aliphatic carbocycles. The van der Waals surface area contributed by atoms with E-state index in [1.54, 1.807) is 18.2 Å². The van der Waals surface area contributed by atoms with E-state index in [9.17, 15) is 17.6 Å². The maximum atomic E-state index is 14.7. The lowest BCUT2D eigenvalue weighted by molar-refractivity contribution is -0.136. The van der Waals surface area contributed by atoms with Gasteiger partial charge in [-0.25, -0.2) is 4.39 Å². The van der Waals surface area contributed by atoms with Crippen LogP contribution in [0.5, 0.6) is 5.75 Å². The largest absolute Gasteiger partial charge is 0.487 e. The van der Waals surface area contributed by atoms with Crippen LogP contribution in [0.4, 0.5) is 17.6 Å². The minimum absolute atomic E-state index is 0.0883. The smallest absolute Gasteiger partial charge is 0.418 e. The molecule has 0 saturated carbocycles. The average molecular weight is 669 g/mol. The van der Waals surface area contributed by atoms with Crippen molar-refractivity contribution in [2.24, 2.45) is 0 Å². The van der Waals surface area contributed by atoms with Crippen molar-refractivity contribution in [3.63, 3.8) is 0 Å². The third kappa shape index (κ3) is 5.46. The van der Waals surface area contributed by atoms with E-state index in [1.165, 1.54) is 28.9 Å². The normalized spacial score (nSPS) is 11.8. The van der Waals surface area contributed by atoms with Gasteiger partial charge >= 0.3 is 6.18 Å². The van der Waals surface area contributed by atoms with Gasteiger partial charge in [-0.2, -0.15) is 18.3 Å². The number of hydrogen-bond donors (Lipinski definition) is 0. The fourth-order valence-corrected chi connectivity index (χ4v) is 5.58. The van der Waals surface area contributed by atoms with E-state index in [4.69, 9.17) is 16.3 Å². The summed E-state index contributed by atoms with van der Waals surface area (Å²) in [5.74, 6) is 0.0571. The van der Waals surface area contributed by atoms with E-state index in [2.05, 4.69) is 37.0 Å². The van der Waals surface area contributed by atoms with E-state index in [0.717, 1.165) is 20.6 Å². The monoisotopic (exact) mass is 666 g/mol. The van der Waals surface area contributed by atoms with Gasteiger partial charge in [-0.1, -0.05) is 54.1 Å². The number of nitrogens with zero attached hydrogens (tertiary/aromatic N) is 2. The van der Waals surface area contributed by atoms with Gasteiger partial charge in [0, 0.05) is 21.5 Å². The maximum absolute atomic E-state index is 14.7. The molecule has 5 rings (SSSR count). The lowest BCUT2D eigenvalue weighted by Gasteiger charge is -2.13. The molecule has 0 aliphatic rings. The number of rotatable bonds is 6. The molecule has 1 heterocycles. The molecule has 5 aromatic rings. The first kappa shape index (κ1) is 26.7. The molecule has 3 nitrogen and oxygen atoms in total. The Kier molecular flexibility index (Phi) is 7.53. The van der Waals surface area contributed by atoms with Gasteiger partial charge in [-0.3, -0.25) is 4.68 Å². The Morgan fingerprint density at radius 3 is 2.32 bits per heavy atom. The van der Waals surface area contributed by atoms with Gasteiger partial charge in [0.1, 0.15) is 23.7 Å². The van der Waals surface area contributed by atoms with Crippen molar-refractivity contribution in [3.05, 3.63) is 115 Å². The van der Waals surface area contributed by atoms with Gasteiger partial charge in [0.25, 0.3) is 0 Å². The zero-order valence-electron chi connectivity index (χ0n) is 19.4. The van der Waals surface area contributed by atoms with Crippen molar-refractivity contribution < 1.29 is 22.3 Å². The first-order chi connectivity index (χ1) is 18.1. The summed E-state index contributed by atoms with van der Waals surface area (Å²) in [6.45, 7) is 0.121. The van der Waals surface area contributed by atoms with Crippen molar-refractivity contribution in [2.45, 2.75) is 19.3 Å². The summed E-state index contributed by atoms with van der Waals surface area (Å²) in [7, 11) is 0. The van der Waals surface area contributed by atoms with Crippen LogP contribution in [0, 0.1) is 5.82 Å². The molecule has 10 heteroatoms. The molecule has 194 valence electrons. The summed E-state index contributed by atoms with van der Waals surface area (Å²) in [6.07, 6.45) is -4.60. The van der Waals surface area contributed by atoms with Crippen LogP contribution in [-0.4, -0.2) is 9.78 Å². The lowest BCUT2D eigenvalue weighted by Crippen LogP contribution is -2.07. The van der Waals surface area contributed by atoms with Gasteiger partial charge in [-0.15, -0.1) is 0 Å². The van der Waals surface area contributed by atoms with Crippen LogP contribution < -0.4 is 4.74 Å². The Morgan fingerprint density at radius 2 is 1.61 bits per heavy atom. The van der Waals surface area contributed by atoms with Crippen molar-refractivity contribution >= 4 is 54.4 Å². The van der Waals surface area contributed by atoms with E-state index < -0.39 is 17.6 Å². The Hall–Kier alpha value is -2.88. The first-order valence-corrected chi connectivity index (χ1v) is 13.2. The molecule has 0 radical (unpaired) electrons. The molecular weight excluding hydrogens is 652 g/mol. The molecule has 0 amide bonds. The Balaban J connectivity index is 1.60. The molecule has 0 saturated heterocycles. The fraction of sp³-hybridized carbons (Fsp3) is 0.107. The van der Waals surface area contributed by atoms with Gasteiger partial charge in [0.2, 0.25) is 0 Å². The molecule has 0 fully saturated rings. The summed E-state index contributed by atoms with van der Waals surface area (Å²) < 4.78 is 65.1. The summed E-state index contributed by atoms with van der Waals surface area (Å²) in [6, 6.07) is 21.0. The van der Waals surface area contributed by atoms with Crippen LogP contribution in [-0.2, 0) is 19.3 Å². The van der Waals surface area contributed by atoms with Gasteiger partial charge in [0.15, 0.2) is 0 Å². The number of para-hydroxylation sites is 1. The second-order valence-corrected chi connectivity index (χ2v) is 10.6. The van der Waals surface area contributed by atoms with Crippen molar-refractivity contribution in [1.82, 2.24) is 9.78 Å². The molecule has 0 N–H and O–H groups in total. The predicted molar refractivity (Wildman–Crippen MR) is 147 cm³/mol. The second kappa shape index (κ2) is 10.7. The van der Waals surface area contributed by atoms with Crippen LogP contribution in [0.3, 0.4) is 0 Å². The molecule has 0 aliphatic heterocycles. The highest BCUT2D eigenvalue weighted by atomic mass is 79.9. The molecule has 4 aromatic carbocycles. The summed E-state index contributed by atoms with van der Waals surface area (Å²) in [4.78, 5) is 0. The zero-order valence-corrected chi connectivity index (χ0v) is 23.3. The third-order valence-corrected chi connectivity index (χ3v) is 7.40. The third-order valence-electron chi connectivity index (χ3n) is 5.91. The molecular formula is C28H17Br2ClF4N2O. The Bertz CT molecular complexity index is 1630. The first-order valence-electron chi connectivity index (χ1n) is 11.3. The number of fused-ring (bicyclic) bond motifs is 1. The van der Waals surface area contributed by atoms with Crippen LogP contribution in [0.2, 0.25) is 5.02 Å². The second-order valence-electron chi connectivity index (χ2n) is 8.48. The average Bonchev–Trinajstić information content (AvgIpc) is 3.23. The number of aromatic nitrogens is 2. The molecule has 1 aromatic heterocycles. The minimum Gasteiger partial charge on any atom is -0.487 e. The topological polar surface area (TPSA) is 27.1 Å². The highest BCUT2D eigenvalue weighted by molar-refractivity contribution is 9.11. The van der Waals surface area contributed by atoms with Gasteiger partial charge in [0.05, 0.1) is 26.7 Å². The van der Waals surface area contributed by atoms with Crippen LogP contribution in [0.1, 0.15) is 16.7 Å². The van der Waals surface area contributed by atoms with E-state index >= 15 is 0 Å². The van der Waals surface area contributed by atoms with E-state index in [-0.39, 0.29) is 29.3 Å². The predicted octanol–water partition coefficient (Wildman–Crippen LogP) is 9.67. The molecule has 0 atom stereocenters. The summed E-state index contributed by atoms with van der Waals surface area (Å²) >= 11 is 12.8. The van der Waals surface area contributed by atoms with Crippen molar-refractivity contribution in [3.8, 4) is 17.0 Å². The van der Waals surface area contributed by atoms with E-state index in [1.807, 2.05) is 30.3 Å². The quantitative estimate of drug-likeness (QED) is 0.169. The summed E-state index contributed by atoms with van der Waals surface area (Å²) in [5.41, 5.74) is 1.02. The number of halogens is 7. The Morgan fingerprint density at radius 1 is 0.895 bits per heavy atom. The van der Waals surface area contributed by atoms with Crippen molar-refractivity contribution in [1.29, 1.82) is 0 Å². The van der Waals surface area contributed by atoms with E-state index in [0.29, 0.717) is 22.4 Å².